The first kappa shape index (κ1) is 17.2. The van der Waals surface area contributed by atoms with E-state index in [0.29, 0.717) is 30.5 Å². The van der Waals surface area contributed by atoms with E-state index in [1.54, 1.807) is 22.9 Å². The molecule has 1 aliphatic rings. The van der Waals surface area contributed by atoms with E-state index >= 15 is 0 Å². The van der Waals surface area contributed by atoms with E-state index in [2.05, 4.69) is 15.7 Å². The Hall–Kier alpha value is -2.61. The van der Waals surface area contributed by atoms with Gasteiger partial charge in [0, 0.05) is 31.6 Å². The van der Waals surface area contributed by atoms with Gasteiger partial charge in [-0.3, -0.25) is 4.79 Å². The fourth-order valence-corrected chi connectivity index (χ4v) is 2.78. The molecule has 1 aliphatic heterocycles. The Labute approximate surface area is 145 Å². The summed E-state index contributed by atoms with van der Waals surface area (Å²) < 4.78 is 20.8. The Kier molecular flexibility index (Phi) is 5.18. The van der Waals surface area contributed by atoms with Gasteiger partial charge in [0.15, 0.2) is 11.6 Å². The van der Waals surface area contributed by atoms with Crippen LogP contribution in [0.25, 0.3) is 0 Å². The zero-order chi connectivity index (χ0) is 17.8. The van der Waals surface area contributed by atoms with Crippen LogP contribution in [0.1, 0.15) is 17.3 Å². The van der Waals surface area contributed by atoms with Gasteiger partial charge in [-0.1, -0.05) is 12.1 Å². The number of nitrogens with zero attached hydrogens (tertiary/aromatic N) is 2. The minimum absolute atomic E-state index is 0.0693. The van der Waals surface area contributed by atoms with Crippen LogP contribution in [0.4, 0.5) is 10.2 Å². The first-order valence-electron chi connectivity index (χ1n) is 8.24. The van der Waals surface area contributed by atoms with Crippen molar-refractivity contribution in [2.24, 2.45) is 11.7 Å². The van der Waals surface area contributed by atoms with Crippen LogP contribution >= 0.6 is 0 Å². The van der Waals surface area contributed by atoms with Crippen molar-refractivity contribution in [3.8, 4) is 5.75 Å². The second-order valence-corrected chi connectivity index (χ2v) is 6.25. The fourth-order valence-electron chi connectivity index (χ4n) is 2.78. The SMILES string of the molecule is C[C@H](COc1ccccc1F)NC[C@@H]1CNc2c(C(N)=O)cnn2C1. The number of rotatable bonds is 7. The molecule has 1 aromatic carbocycles. The first-order chi connectivity index (χ1) is 12.0. The molecule has 2 atom stereocenters. The molecule has 0 saturated heterocycles. The zero-order valence-electron chi connectivity index (χ0n) is 14.0. The van der Waals surface area contributed by atoms with Crippen LogP contribution in [0.5, 0.6) is 5.75 Å². The van der Waals surface area contributed by atoms with E-state index in [-0.39, 0.29) is 17.6 Å². The summed E-state index contributed by atoms with van der Waals surface area (Å²) in [5, 5.41) is 10.8. The van der Waals surface area contributed by atoms with E-state index < -0.39 is 5.91 Å². The van der Waals surface area contributed by atoms with Crippen molar-refractivity contribution in [1.82, 2.24) is 15.1 Å². The number of carbonyl (C=O) groups is 1. The van der Waals surface area contributed by atoms with Crippen molar-refractivity contribution >= 4 is 11.7 Å². The summed E-state index contributed by atoms with van der Waals surface area (Å²) in [4.78, 5) is 11.3. The number of hydrogen-bond donors (Lipinski definition) is 3. The lowest BCUT2D eigenvalue weighted by Gasteiger charge is -2.27. The number of benzene rings is 1. The molecular weight excluding hydrogens is 325 g/mol. The van der Waals surface area contributed by atoms with Gasteiger partial charge in [-0.2, -0.15) is 5.10 Å². The molecule has 2 aromatic rings. The Bertz CT molecular complexity index is 748. The Balaban J connectivity index is 1.46. The lowest BCUT2D eigenvalue weighted by molar-refractivity contribution is 0.100. The largest absolute Gasteiger partial charge is 0.489 e. The molecule has 0 aliphatic carbocycles. The number of anilines is 1. The van der Waals surface area contributed by atoms with E-state index in [4.69, 9.17) is 10.5 Å². The van der Waals surface area contributed by atoms with Crippen LogP contribution in [0, 0.1) is 11.7 Å². The summed E-state index contributed by atoms with van der Waals surface area (Å²) in [7, 11) is 0. The van der Waals surface area contributed by atoms with Crippen molar-refractivity contribution < 1.29 is 13.9 Å². The summed E-state index contributed by atoms with van der Waals surface area (Å²) >= 11 is 0. The van der Waals surface area contributed by atoms with Crippen molar-refractivity contribution in [3.63, 3.8) is 0 Å². The number of aromatic nitrogens is 2. The van der Waals surface area contributed by atoms with Gasteiger partial charge < -0.3 is 21.1 Å². The molecule has 4 N–H and O–H groups in total. The van der Waals surface area contributed by atoms with E-state index in [1.165, 1.54) is 12.3 Å². The Morgan fingerprint density at radius 3 is 3.12 bits per heavy atom. The zero-order valence-corrected chi connectivity index (χ0v) is 14.0. The molecule has 0 radical (unpaired) electrons. The molecular formula is C17H22FN5O2. The summed E-state index contributed by atoms with van der Waals surface area (Å²) in [5.41, 5.74) is 5.74. The summed E-state index contributed by atoms with van der Waals surface area (Å²) in [6.07, 6.45) is 1.49. The highest BCUT2D eigenvalue weighted by Gasteiger charge is 2.23. The number of nitrogens with one attached hydrogen (secondary N) is 2. The number of halogens is 1. The van der Waals surface area contributed by atoms with Gasteiger partial charge in [0.25, 0.3) is 5.91 Å². The maximum atomic E-state index is 13.5. The molecule has 3 rings (SSSR count). The maximum absolute atomic E-state index is 13.5. The lowest BCUT2D eigenvalue weighted by atomic mass is 10.1. The number of primary amides is 1. The second kappa shape index (κ2) is 7.52. The van der Waals surface area contributed by atoms with Crippen LogP contribution in [-0.4, -0.2) is 41.4 Å². The molecule has 2 heterocycles. The smallest absolute Gasteiger partial charge is 0.254 e. The third kappa shape index (κ3) is 4.08. The van der Waals surface area contributed by atoms with Gasteiger partial charge in [-0.05, 0) is 19.1 Å². The van der Waals surface area contributed by atoms with E-state index in [9.17, 15) is 9.18 Å². The highest BCUT2D eigenvalue weighted by Crippen LogP contribution is 2.21. The van der Waals surface area contributed by atoms with Crippen molar-refractivity contribution in [3.05, 3.63) is 41.8 Å². The molecule has 0 fully saturated rings. The number of amides is 1. The highest BCUT2D eigenvalue weighted by atomic mass is 19.1. The first-order valence-corrected chi connectivity index (χ1v) is 8.24. The minimum Gasteiger partial charge on any atom is -0.489 e. The molecule has 0 saturated carbocycles. The van der Waals surface area contributed by atoms with Gasteiger partial charge >= 0.3 is 0 Å². The van der Waals surface area contributed by atoms with Gasteiger partial charge in [0.2, 0.25) is 0 Å². The highest BCUT2D eigenvalue weighted by molar-refractivity contribution is 5.97. The Morgan fingerprint density at radius 2 is 2.36 bits per heavy atom. The summed E-state index contributed by atoms with van der Waals surface area (Å²) in [6.45, 7) is 4.53. The van der Waals surface area contributed by atoms with Crippen molar-refractivity contribution in [1.29, 1.82) is 0 Å². The predicted octanol–water partition coefficient (Wildman–Crippen LogP) is 1.22. The van der Waals surface area contributed by atoms with Gasteiger partial charge in [-0.15, -0.1) is 0 Å². The molecule has 134 valence electrons. The number of para-hydroxylation sites is 1. The monoisotopic (exact) mass is 347 g/mol. The number of carbonyl (C=O) groups excluding carboxylic acids is 1. The third-order valence-corrected chi connectivity index (χ3v) is 4.17. The molecule has 0 unspecified atom stereocenters. The van der Waals surface area contributed by atoms with Crippen LogP contribution in [0.3, 0.4) is 0 Å². The summed E-state index contributed by atoms with van der Waals surface area (Å²) in [5.74, 6) is 0.409. The van der Waals surface area contributed by atoms with Crippen molar-refractivity contribution in [2.45, 2.75) is 19.5 Å². The molecule has 7 nitrogen and oxygen atoms in total. The van der Waals surface area contributed by atoms with Crippen LogP contribution < -0.4 is 21.1 Å². The fraction of sp³-hybridized carbons (Fsp3) is 0.412. The van der Waals surface area contributed by atoms with Gasteiger partial charge in [0.05, 0.1) is 6.20 Å². The average Bonchev–Trinajstić information content (AvgIpc) is 3.02. The van der Waals surface area contributed by atoms with Crippen molar-refractivity contribution in [2.75, 3.05) is 25.0 Å². The standard InChI is InChI=1S/C17H22FN5O2/c1-11(10-25-15-5-3-2-4-14(15)18)20-6-12-7-21-17-13(16(19)24)8-22-23(17)9-12/h2-5,8,11-12,20-21H,6-7,9-10H2,1H3,(H2,19,24)/t11-,12-/m1/s1. The minimum atomic E-state index is -0.482. The number of ether oxygens (including phenoxy) is 1. The number of nitrogens with two attached hydrogens (primary N) is 1. The summed E-state index contributed by atoms with van der Waals surface area (Å²) in [6, 6.07) is 6.44. The molecule has 1 aromatic heterocycles. The average molecular weight is 347 g/mol. The van der Waals surface area contributed by atoms with E-state index in [0.717, 1.165) is 13.1 Å². The molecule has 8 heteroatoms. The lowest BCUT2D eigenvalue weighted by Crippen LogP contribution is -2.40. The number of hydrogen-bond acceptors (Lipinski definition) is 5. The number of fused-ring (bicyclic) bond motifs is 1. The van der Waals surface area contributed by atoms with Crippen LogP contribution in [0.15, 0.2) is 30.5 Å². The Morgan fingerprint density at radius 1 is 1.56 bits per heavy atom. The molecule has 0 bridgehead atoms. The van der Waals surface area contributed by atoms with Gasteiger partial charge in [-0.25, -0.2) is 9.07 Å². The van der Waals surface area contributed by atoms with E-state index in [1.807, 2.05) is 6.92 Å². The second-order valence-electron chi connectivity index (χ2n) is 6.25. The normalized spacial score (nSPS) is 17.4. The molecule has 25 heavy (non-hydrogen) atoms. The predicted molar refractivity (Wildman–Crippen MR) is 92.1 cm³/mol. The van der Waals surface area contributed by atoms with Gasteiger partial charge in [0.1, 0.15) is 18.0 Å². The molecule has 0 spiro atoms. The molecule has 1 amide bonds. The van der Waals surface area contributed by atoms with Crippen LogP contribution in [-0.2, 0) is 6.54 Å². The maximum Gasteiger partial charge on any atom is 0.254 e. The quantitative estimate of drug-likeness (QED) is 0.700. The topological polar surface area (TPSA) is 94.2 Å². The third-order valence-electron chi connectivity index (χ3n) is 4.17. The van der Waals surface area contributed by atoms with Crippen LogP contribution in [0.2, 0.25) is 0 Å².